The number of nitrogens with two attached hydrogens (primary N) is 3. The van der Waals surface area contributed by atoms with Gasteiger partial charge in [-0.05, 0) is 24.1 Å². The van der Waals surface area contributed by atoms with Crippen molar-refractivity contribution in [3.05, 3.63) is 42.5 Å². The molecular formula is C19H23N7O5. The number of Topliss-reactive ketones (excluding diaryl/α,β-unsaturated/α-hetero) is 1. The molecule has 12 heteroatoms. The van der Waals surface area contributed by atoms with Crippen molar-refractivity contribution in [1.29, 1.82) is 0 Å². The number of ketones is 1. The Kier molecular flexibility index (Phi) is 5.33. The number of aliphatic hydroxyl groups excluding tert-OH is 2. The Morgan fingerprint density at radius 2 is 1.97 bits per heavy atom. The normalized spacial score (nSPS) is 26.9. The largest absolute Gasteiger partial charge is 0.508 e. The van der Waals surface area contributed by atoms with Gasteiger partial charge in [-0.1, -0.05) is 12.1 Å². The van der Waals surface area contributed by atoms with Gasteiger partial charge in [0.1, 0.15) is 36.1 Å². The first-order valence-corrected chi connectivity index (χ1v) is 9.53. The number of hydrogen-bond donors (Lipinski definition) is 6. The molecule has 1 saturated heterocycles. The minimum atomic E-state index is -2.08. The number of carbonyl (C=O) groups is 1. The fourth-order valence-corrected chi connectivity index (χ4v) is 3.86. The van der Waals surface area contributed by atoms with Gasteiger partial charge >= 0.3 is 0 Å². The monoisotopic (exact) mass is 429 g/mol. The lowest BCUT2D eigenvalue weighted by atomic mass is 9.90. The van der Waals surface area contributed by atoms with Crippen molar-refractivity contribution in [2.24, 2.45) is 11.5 Å². The third-order valence-electron chi connectivity index (χ3n) is 5.51. The van der Waals surface area contributed by atoms with Gasteiger partial charge in [-0.2, -0.15) is 0 Å². The molecule has 0 amide bonds. The van der Waals surface area contributed by atoms with E-state index in [9.17, 15) is 20.1 Å². The van der Waals surface area contributed by atoms with Crippen molar-refractivity contribution >= 4 is 22.8 Å². The lowest BCUT2D eigenvalue weighted by Gasteiger charge is -2.34. The van der Waals surface area contributed by atoms with Crippen LogP contribution in [0.4, 0.5) is 5.82 Å². The average molecular weight is 429 g/mol. The Morgan fingerprint density at radius 1 is 1.26 bits per heavy atom. The molecule has 3 aromatic rings. The van der Waals surface area contributed by atoms with Gasteiger partial charge in [0.2, 0.25) is 11.5 Å². The molecule has 3 heterocycles. The molecular weight excluding hydrogens is 406 g/mol. The van der Waals surface area contributed by atoms with Crippen LogP contribution in [-0.4, -0.2) is 71.5 Å². The maximum absolute atomic E-state index is 13.7. The van der Waals surface area contributed by atoms with E-state index < -0.39 is 42.4 Å². The number of nitrogens with zero attached hydrogens (tertiary/aromatic N) is 4. The lowest BCUT2D eigenvalue weighted by molar-refractivity contribution is -0.175. The van der Waals surface area contributed by atoms with Crippen LogP contribution in [0.3, 0.4) is 0 Å². The molecule has 12 nitrogen and oxygen atoms in total. The molecule has 164 valence electrons. The predicted molar refractivity (Wildman–Crippen MR) is 108 cm³/mol. The van der Waals surface area contributed by atoms with Crippen LogP contribution in [-0.2, 0) is 21.7 Å². The first-order chi connectivity index (χ1) is 14.8. The third-order valence-corrected chi connectivity index (χ3v) is 5.51. The van der Waals surface area contributed by atoms with Gasteiger partial charge in [-0.25, -0.2) is 15.0 Å². The number of phenolic OH excluding ortho intramolecular Hbond substituents is 1. The number of aromatic hydroxyl groups is 1. The van der Waals surface area contributed by atoms with Gasteiger partial charge in [0, 0.05) is 0 Å². The summed E-state index contributed by atoms with van der Waals surface area (Å²) in [4.78, 5) is 25.8. The van der Waals surface area contributed by atoms with Crippen LogP contribution in [0.15, 0.2) is 36.9 Å². The van der Waals surface area contributed by atoms with Crippen LogP contribution in [0.5, 0.6) is 5.75 Å². The summed E-state index contributed by atoms with van der Waals surface area (Å²) in [5.41, 5.74) is 17.1. The third kappa shape index (κ3) is 3.30. The first kappa shape index (κ1) is 21.1. The number of rotatable bonds is 6. The molecule has 0 radical (unpaired) electrons. The van der Waals surface area contributed by atoms with Crippen molar-refractivity contribution in [3.63, 3.8) is 0 Å². The molecule has 0 bridgehead atoms. The van der Waals surface area contributed by atoms with Crippen LogP contribution in [0.25, 0.3) is 11.2 Å². The molecule has 1 aliphatic heterocycles. The van der Waals surface area contributed by atoms with E-state index in [2.05, 4.69) is 15.0 Å². The van der Waals surface area contributed by atoms with Crippen molar-refractivity contribution in [2.45, 2.75) is 36.4 Å². The quantitative estimate of drug-likeness (QED) is 0.252. The summed E-state index contributed by atoms with van der Waals surface area (Å²) in [5.74, 6) is -0.528. The van der Waals surface area contributed by atoms with Crippen LogP contribution >= 0.6 is 0 Å². The number of carbonyl (C=O) groups excluding carboxylic acids is 1. The molecule has 1 aliphatic rings. The summed E-state index contributed by atoms with van der Waals surface area (Å²) >= 11 is 0. The molecule has 5 atom stereocenters. The Labute approximate surface area is 176 Å². The maximum Gasteiger partial charge on any atom is 0.237 e. The molecule has 2 aromatic heterocycles. The van der Waals surface area contributed by atoms with Crippen molar-refractivity contribution in [2.75, 3.05) is 12.3 Å². The molecule has 1 aromatic carbocycles. The topological polar surface area (TPSA) is 209 Å². The number of fused-ring (bicyclic) bond motifs is 1. The van der Waals surface area contributed by atoms with Gasteiger partial charge < -0.3 is 37.3 Å². The van der Waals surface area contributed by atoms with Crippen LogP contribution in [0.1, 0.15) is 5.56 Å². The minimum Gasteiger partial charge on any atom is -0.508 e. The van der Waals surface area contributed by atoms with Gasteiger partial charge in [0.05, 0.1) is 18.7 Å². The van der Waals surface area contributed by atoms with Crippen LogP contribution in [0, 0.1) is 0 Å². The van der Waals surface area contributed by atoms with Crippen molar-refractivity contribution in [3.8, 4) is 5.75 Å². The lowest BCUT2D eigenvalue weighted by Crippen LogP contribution is -2.58. The Morgan fingerprint density at radius 3 is 2.61 bits per heavy atom. The number of benzene rings is 1. The number of ether oxygens (including phenoxy) is 1. The number of aliphatic hydroxyl groups is 2. The molecule has 2 unspecified atom stereocenters. The second-order valence-corrected chi connectivity index (χ2v) is 7.44. The fraction of sp³-hybridized carbons (Fsp3) is 0.368. The number of phenols is 1. The average Bonchev–Trinajstić information content (AvgIpc) is 3.30. The number of aromatic nitrogens is 4. The number of imidazole rings is 1. The van der Waals surface area contributed by atoms with E-state index in [0.29, 0.717) is 5.56 Å². The van der Waals surface area contributed by atoms with E-state index in [1.807, 2.05) is 0 Å². The Hall–Kier alpha value is -3.16. The molecule has 4 rings (SSSR count). The van der Waals surface area contributed by atoms with Gasteiger partial charge in [-0.3, -0.25) is 9.36 Å². The van der Waals surface area contributed by atoms with E-state index in [-0.39, 0.29) is 29.2 Å². The van der Waals surface area contributed by atoms with Gasteiger partial charge in [0.25, 0.3) is 0 Å². The summed E-state index contributed by atoms with van der Waals surface area (Å²) in [6, 6.07) is 4.01. The minimum absolute atomic E-state index is 0.0774. The molecule has 0 spiro atoms. The number of hydrogen-bond acceptors (Lipinski definition) is 11. The first-order valence-electron chi connectivity index (χ1n) is 9.53. The summed E-state index contributed by atoms with van der Waals surface area (Å²) in [6.45, 7) is -0.524. The van der Waals surface area contributed by atoms with E-state index in [1.54, 1.807) is 12.1 Å². The van der Waals surface area contributed by atoms with Gasteiger partial charge in [-0.15, -0.1) is 0 Å². The maximum atomic E-state index is 13.7. The Bertz CT molecular complexity index is 1100. The second kappa shape index (κ2) is 7.83. The molecule has 31 heavy (non-hydrogen) atoms. The zero-order valence-corrected chi connectivity index (χ0v) is 16.4. The van der Waals surface area contributed by atoms with E-state index in [0.717, 1.165) is 0 Å². The van der Waals surface area contributed by atoms with E-state index in [4.69, 9.17) is 21.9 Å². The molecule has 0 saturated carbocycles. The predicted octanol–water partition coefficient (Wildman–Crippen LogP) is -2.01. The summed E-state index contributed by atoms with van der Waals surface area (Å²) < 4.78 is 7.12. The second-order valence-electron chi connectivity index (χ2n) is 7.44. The van der Waals surface area contributed by atoms with Crippen LogP contribution in [0.2, 0.25) is 0 Å². The SMILES string of the molecule is Nc1ncnc2c1ncn2[C@]1(C(=O)C(N)Cc2ccc(O)cc2)O[C@H](CO)C(N)[C@H]1O. The number of anilines is 1. The molecule has 0 aliphatic carbocycles. The van der Waals surface area contributed by atoms with E-state index >= 15 is 0 Å². The van der Waals surface area contributed by atoms with Crippen molar-refractivity contribution in [1.82, 2.24) is 19.5 Å². The summed E-state index contributed by atoms with van der Waals surface area (Å²) in [6.07, 6.45) is -0.0565. The highest BCUT2D eigenvalue weighted by atomic mass is 16.6. The standard InChI is InChI=1S/C19H23N7O5/c20-11(5-9-1-3-10(28)4-2-9)15(29)19(16(30)13(21)12(6-27)31-19)26-8-25-14-17(22)23-7-24-18(14)26/h1-4,7-8,11-13,16,27-28,30H,5-6,20-21H2,(H2,22,23,24)/t11?,12-,13?,16-,19-/m1/s1. The summed E-state index contributed by atoms with van der Waals surface area (Å²) in [5, 5.41) is 30.2. The Balaban J connectivity index is 1.80. The zero-order chi connectivity index (χ0) is 22.3. The molecule has 1 fully saturated rings. The van der Waals surface area contributed by atoms with E-state index in [1.165, 1.54) is 29.4 Å². The van der Waals surface area contributed by atoms with Crippen LogP contribution < -0.4 is 17.2 Å². The summed E-state index contributed by atoms with van der Waals surface area (Å²) in [7, 11) is 0. The van der Waals surface area contributed by atoms with Gasteiger partial charge in [0.15, 0.2) is 11.5 Å². The highest BCUT2D eigenvalue weighted by Gasteiger charge is 2.60. The number of nitrogen functional groups attached to an aromatic ring is 1. The highest BCUT2D eigenvalue weighted by Crippen LogP contribution is 2.38. The zero-order valence-electron chi connectivity index (χ0n) is 16.4. The molecule has 9 N–H and O–H groups in total. The highest BCUT2D eigenvalue weighted by molar-refractivity contribution is 5.93. The fourth-order valence-electron chi connectivity index (χ4n) is 3.86. The van der Waals surface area contributed by atoms with Crippen molar-refractivity contribution < 1.29 is 24.9 Å². The smallest absolute Gasteiger partial charge is 0.237 e.